The summed E-state index contributed by atoms with van der Waals surface area (Å²) < 4.78 is 0. The van der Waals surface area contributed by atoms with Gasteiger partial charge in [0.25, 0.3) is 0 Å². The normalized spacial score (nSPS) is 10.3. The Kier molecular flexibility index (Phi) is 4.11. The van der Waals surface area contributed by atoms with Crippen molar-refractivity contribution in [2.45, 2.75) is 34.1 Å². The van der Waals surface area contributed by atoms with Crippen LogP contribution in [0.2, 0.25) is 0 Å². The standard InChI is InChI=1S/C14H21NO/c1-10-6-7-14(12(3)11(10)2)8-9-15(5)13(4)16/h6-7H,8-9H2,1-5H3. The zero-order chi connectivity index (χ0) is 12.3. The topological polar surface area (TPSA) is 20.3 Å². The number of hydrogen-bond acceptors (Lipinski definition) is 1. The first kappa shape index (κ1) is 12.8. The van der Waals surface area contributed by atoms with Crippen molar-refractivity contribution >= 4 is 5.91 Å². The van der Waals surface area contributed by atoms with E-state index in [9.17, 15) is 4.79 Å². The van der Waals surface area contributed by atoms with E-state index in [0.717, 1.165) is 13.0 Å². The van der Waals surface area contributed by atoms with E-state index in [1.54, 1.807) is 11.8 Å². The molecule has 0 saturated heterocycles. The van der Waals surface area contributed by atoms with Gasteiger partial charge in [0.2, 0.25) is 5.91 Å². The van der Waals surface area contributed by atoms with Gasteiger partial charge in [0.15, 0.2) is 0 Å². The van der Waals surface area contributed by atoms with Crippen molar-refractivity contribution in [3.63, 3.8) is 0 Å². The molecule has 1 amide bonds. The summed E-state index contributed by atoms with van der Waals surface area (Å²) in [4.78, 5) is 12.9. The van der Waals surface area contributed by atoms with E-state index in [4.69, 9.17) is 0 Å². The van der Waals surface area contributed by atoms with Gasteiger partial charge in [0.05, 0.1) is 0 Å². The van der Waals surface area contributed by atoms with Crippen LogP contribution in [0.4, 0.5) is 0 Å². The number of likely N-dealkylation sites (N-methyl/N-ethyl adjacent to an activating group) is 1. The van der Waals surface area contributed by atoms with Crippen LogP contribution >= 0.6 is 0 Å². The highest BCUT2D eigenvalue weighted by Gasteiger charge is 2.06. The average Bonchev–Trinajstić information content (AvgIpc) is 2.24. The molecule has 1 rings (SSSR count). The van der Waals surface area contributed by atoms with Crippen LogP contribution in [0.1, 0.15) is 29.2 Å². The molecule has 0 spiro atoms. The molecule has 0 bridgehead atoms. The highest BCUT2D eigenvalue weighted by atomic mass is 16.2. The lowest BCUT2D eigenvalue weighted by atomic mass is 9.97. The van der Waals surface area contributed by atoms with Gasteiger partial charge in [-0.05, 0) is 49.4 Å². The van der Waals surface area contributed by atoms with Gasteiger partial charge in [-0.3, -0.25) is 4.79 Å². The van der Waals surface area contributed by atoms with Gasteiger partial charge in [0, 0.05) is 20.5 Å². The molecule has 88 valence electrons. The molecule has 0 aliphatic rings. The number of carbonyl (C=O) groups excluding carboxylic acids is 1. The van der Waals surface area contributed by atoms with E-state index in [2.05, 4.69) is 32.9 Å². The largest absolute Gasteiger partial charge is 0.346 e. The van der Waals surface area contributed by atoms with Gasteiger partial charge in [-0.1, -0.05) is 12.1 Å². The van der Waals surface area contributed by atoms with Crippen LogP contribution in [0.15, 0.2) is 12.1 Å². The van der Waals surface area contributed by atoms with Crippen molar-refractivity contribution in [2.24, 2.45) is 0 Å². The lowest BCUT2D eigenvalue weighted by Gasteiger charge is -2.16. The molecule has 0 saturated carbocycles. The van der Waals surface area contributed by atoms with E-state index in [1.807, 2.05) is 7.05 Å². The molecule has 0 heterocycles. The highest BCUT2D eigenvalue weighted by molar-refractivity contribution is 5.72. The van der Waals surface area contributed by atoms with E-state index in [-0.39, 0.29) is 5.91 Å². The second kappa shape index (κ2) is 5.15. The van der Waals surface area contributed by atoms with Crippen LogP contribution in [0, 0.1) is 20.8 Å². The summed E-state index contributed by atoms with van der Waals surface area (Å²) in [6.07, 6.45) is 0.934. The molecule has 1 aromatic carbocycles. The minimum Gasteiger partial charge on any atom is -0.346 e. The summed E-state index contributed by atoms with van der Waals surface area (Å²) in [5.41, 5.74) is 5.40. The zero-order valence-corrected chi connectivity index (χ0v) is 10.9. The second-order valence-corrected chi connectivity index (χ2v) is 4.48. The maximum absolute atomic E-state index is 11.1. The van der Waals surface area contributed by atoms with Crippen LogP contribution in [0.3, 0.4) is 0 Å². The molecule has 2 nitrogen and oxygen atoms in total. The van der Waals surface area contributed by atoms with Gasteiger partial charge in [-0.2, -0.15) is 0 Å². The van der Waals surface area contributed by atoms with Crippen molar-refractivity contribution in [1.82, 2.24) is 4.90 Å². The summed E-state index contributed by atoms with van der Waals surface area (Å²) >= 11 is 0. The number of hydrogen-bond donors (Lipinski definition) is 0. The third-order valence-corrected chi connectivity index (χ3v) is 3.42. The number of aryl methyl sites for hydroxylation is 1. The molecule has 0 fully saturated rings. The Hall–Kier alpha value is -1.31. The Labute approximate surface area is 98.3 Å². The molecule has 0 atom stereocenters. The van der Waals surface area contributed by atoms with Gasteiger partial charge in [-0.15, -0.1) is 0 Å². The van der Waals surface area contributed by atoms with Gasteiger partial charge in [-0.25, -0.2) is 0 Å². The number of nitrogens with zero attached hydrogens (tertiary/aromatic N) is 1. The van der Waals surface area contributed by atoms with Crippen molar-refractivity contribution in [2.75, 3.05) is 13.6 Å². The lowest BCUT2D eigenvalue weighted by molar-refractivity contribution is -0.127. The third-order valence-electron chi connectivity index (χ3n) is 3.42. The molecule has 1 aromatic rings. The Morgan fingerprint density at radius 1 is 1.19 bits per heavy atom. The SMILES string of the molecule is CC(=O)N(C)CCc1ccc(C)c(C)c1C. The van der Waals surface area contributed by atoms with Gasteiger partial charge < -0.3 is 4.90 Å². The van der Waals surface area contributed by atoms with Gasteiger partial charge in [0.1, 0.15) is 0 Å². The minimum absolute atomic E-state index is 0.126. The lowest BCUT2D eigenvalue weighted by Crippen LogP contribution is -2.26. The molecule has 16 heavy (non-hydrogen) atoms. The molecule has 0 aromatic heterocycles. The van der Waals surface area contributed by atoms with Crippen LogP contribution in [0.5, 0.6) is 0 Å². The average molecular weight is 219 g/mol. The predicted octanol–water partition coefficient (Wildman–Crippen LogP) is 2.63. The summed E-state index contributed by atoms with van der Waals surface area (Å²) in [6, 6.07) is 4.33. The Morgan fingerprint density at radius 2 is 1.81 bits per heavy atom. The quantitative estimate of drug-likeness (QED) is 0.765. The molecular weight excluding hydrogens is 198 g/mol. The predicted molar refractivity (Wildman–Crippen MR) is 67.7 cm³/mol. The Balaban J connectivity index is 2.75. The molecule has 2 heteroatoms. The minimum atomic E-state index is 0.126. The molecule has 0 aliphatic carbocycles. The van der Waals surface area contributed by atoms with Crippen molar-refractivity contribution in [3.8, 4) is 0 Å². The monoisotopic (exact) mass is 219 g/mol. The van der Waals surface area contributed by atoms with E-state index in [1.165, 1.54) is 22.3 Å². The van der Waals surface area contributed by atoms with Crippen LogP contribution in [0.25, 0.3) is 0 Å². The first-order valence-corrected chi connectivity index (χ1v) is 5.71. The van der Waals surface area contributed by atoms with E-state index in [0.29, 0.717) is 0 Å². The fourth-order valence-corrected chi connectivity index (χ4v) is 1.73. The highest BCUT2D eigenvalue weighted by Crippen LogP contribution is 2.17. The zero-order valence-electron chi connectivity index (χ0n) is 10.9. The number of amides is 1. The van der Waals surface area contributed by atoms with Crippen molar-refractivity contribution in [1.29, 1.82) is 0 Å². The van der Waals surface area contributed by atoms with Crippen LogP contribution < -0.4 is 0 Å². The molecule has 0 aliphatic heterocycles. The Morgan fingerprint density at radius 3 is 2.38 bits per heavy atom. The van der Waals surface area contributed by atoms with Crippen LogP contribution in [-0.2, 0) is 11.2 Å². The second-order valence-electron chi connectivity index (χ2n) is 4.48. The van der Waals surface area contributed by atoms with Gasteiger partial charge >= 0.3 is 0 Å². The smallest absolute Gasteiger partial charge is 0.219 e. The van der Waals surface area contributed by atoms with Crippen molar-refractivity contribution in [3.05, 3.63) is 34.4 Å². The van der Waals surface area contributed by atoms with Crippen LogP contribution in [-0.4, -0.2) is 24.4 Å². The molecule has 0 radical (unpaired) electrons. The van der Waals surface area contributed by atoms with E-state index < -0.39 is 0 Å². The first-order chi connectivity index (χ1) is 7.43. The fraction of sp³-hybridized carbons (Fsp3) is 0.500. The third kappa shape index (κ3) is 2.84. The summed E-state index contributed by atoms with van der Waals surface area (Å²) in [5.74, 6) is 0.126. The number of rotatable bonds is 3. The van der Waals surface area contributed by atoms with Crippen molar-refractivity contribution < 1.29 is 4.79 Å². The maximum Gasteiger partial charge on any atom is 0.219 e. The summed E-state index contributed by atoms with van der Waals surface area (Å²) in [5, 5.41) is 0. The first-order valence-electron chi connectivity index (χ1n) is 5.71. The summed E-state index contributed by atoms with van der Waals surface area (Å²) in [7, 11) is 1.85. The number of carbonyl (C=O) groups is 1. The molecule has 0 unspecified atom stereocenters. The summed E-state index contributed by atoms with van der Waals surface area (Å²) in [6.45, 7) is 8.84. The molecule has 0 N–H and O–H groups in total. The fourth-order valence-electron chi connectivity index (χ4n) is 1.73. The van der Waals surface area contributed by atoms with E-state index >= 15 is 0 Å². The maximum atomic E-state index is 11.1. The Bertz CT molecular complexity index is 396. The molecular formula is C14H21NO. The number of benzene rings is 1.